The van der Waals surface area contributed by atoms with Gasteiger partial charge in [-0.1, -0.05) is 36.4 Å². The SMILES string of the molecule is Cc1nccc(-c2ccc([C@H](C)N3CCC(CC(C)(C)C#N)(c4ccc(F)cc4)OC3=O)cc2)n1. The van der Waals surface area contributed by atoms with E-state index in [9.17, 15) is 14.4 Å². The summed E-state index contributed by atoms with van der Waals surface area (Å²) >= 11 is 0. The van der Waals surface area contributed by atoms with Crippen molar-refractivity contribution in [2.75, 3.05) is 6.54 Å². The normalized spacial score (nSPS) is 19.1. The van der Waals surface area contributed by atoms with Gasteiger partial charge in [0.05, 0.1) is 23.2 Å². The summed E-state index contributed by atoms with van der Waals surface area (Å²) in [6.45, 7) is 7.91. The summed E-state index contributed by atoms with van der Waals surface area (Å²) in [6, 6.07) is 17.9. The van der Waals surface area contributed by atoms with Gasteiger partial charge in [-0.25, -0.2) is 19.2 Å². The Bertz CT molecular complexity index is 1250. The number of aromatic nitrogens is 2. The van der Waals surface area contributed by atoms with E-state index >= 15 is 0 Å². The first-order valence-electron chi connectivity index (χ1n) is 11.7. The highest BCUT2D eigenvalue weighted by Crippen LogP contribution is 2.44. The highest BCUT2D eigenvalue weighted by Gasteiger charge is 2.46. The number of rotatable bonds is 6. The Balaban J connectivity index is 1.56. The average Bonchev–Trinajstić information content (AvgIpc) is 2.84. The summed E-state index contributed by atoms with van der Waals surface area (Å²) in [4.78, 5) is 23.6. The fourth-order valence-corrected chi connectivity index (χ4v) is 4.69. The first-order chi connectivity index (χ1) is 16.6. The van der Waals surface area contributed by atoms with Crippen LogP contribution >= 0.6 is 0 Å². The first-order valence-corrected chi connectivity index (χ1v) is 11.7. The fraction of sp³-hybridized carbons (Fsp3) is 0.357. The molecule has 6 nitrogen and oxygen atoms in total. The molecule has 0 radical (unpaired) electrons. The molecule has 1 saturated heterocycles. The summed E-state index contributed by atoms with van der Waals surface area (Å²) in [6.07, 6.45) is 2.11. The van der Waals surface area contributed by atoms with Gasteiger partial charge in [0.1, 0.15) is 17.2 Å². The third kappa shape index (κ3) is 5.17. The van der Waals surface area contributed by atoms with Gasteiger partial charge in [0.15, 0.2) is 0 Å². The number of carbonyl (C=O) groups is 1. The predicted molar refractivity (Wildman–Crippen MR) is 131 cm³/mol. The van der Waals surface area contributed by atoms with Gasteiger partial charge in [0.25, 0.3) is 0 Å². The Morgan fingerprint density at radius 1 is 1.17 bits per heavy atom. The Hall–Kier alpha value is -3.79. The molecule has 35 heavy (non-hydrogen) atoms. The molecule has 0 spiro atoms. The van der Waals surface area contributed by atoms with Gasteiger partial charge >= 0.3 is 6.09 Å². The van der Waals surface area contributed by atoms with Crippen LogP contribution in [-0.4, -0.2) is 27.5 Å². The second-order valence-corrected chi connectivity index (χ2v) is 9.77. The standard InChI is InChI=1S/C28H29FN4O2/c1-19(21-5-7-22(8-6-21)25-13-15-31-20(2)32-25)33-16-14-28(35-26(33)34,17-27(3,4)18-30)23-9-11-24(29)12-10-23/h5-13,15,19H,14,16-17H2,1-4H3/t19-,28?/m0/s1. The molecule has 2 aromatic carbocycles. The largest absolute Gasteiger partial charge is 0.438 e. The zero-order valence-corrected chi connectivity index (χ0v) is 20.5. The van der Waals surface area contributed by atoms with Crippen molar-refractivity contribution < 1.29 is 13.9 Å². The van der Waals surface area contributed by atoms with E-state index in [1.54, 1.807) is 23.2 Å². The van der Waals surface area contributed by atoms with Crippen LogP contribution in [0.1, 0.15) is 56.6 Å². The molecule has 1 amide bonds. The molecule has 0 aliphatic carbocycles. The van der Waals surface area contributed by atoms with Gasteiger partial charge in [-0.2, -0.15) is 5.26 Å². The minimum Gasteiger partial charge on any atom is -0.438 e. The Labute approximate surface area is 205 Å². The number of carbonyl (C=O) groups excluding carboxylic acids is 1. The smallest absolute Gasteiger partial charge is 0.411 e. The van der Waals surface area contributed by atoms with E-state index in [2.05, 4.69) is 16.0 Å². The maximum absolute atomic E-state index is 13.6. The Morgan fingerprint density at radius 3 is 2.46 bits per heavy atom. The van der Waals surface area contributed by atoms with Crippen LogP contribution in [0.4, 0.5) is 9.18 Å². The second kappa shape index (κ2) is 9.46. The van der Waals surface area contributed by atoms with Crippen LogP contribution in [-0.2, 0) is 10.3 Å². The zero-order valence-electron chi connectivity index (χ0n) is 20.5. The van der Waals surface area contributed by atoms with Gasteiger partial charge in [-0.15, -0.1) is 0 Å². The van der Waals surface area contributed by atoms with Crippen LogP contribution in [0.2, 0.25) is 0 Å². The maximum Gasteiger partial charge on any atom is 0.411 e. The lowest BCUT2D eigenvalue weighted by Gasteiger charge is -2.45. The minimum atomic E-state index is -0.991. The molecule has 3 aromatic rings. The van der Waals surface area contributed by atoms with Gasteiger partial charge in [0.2, 0.25) is 0 Å². The third-order valence-electron chi connectivity index (χ3n) is 6.61. The molecule has 1 fully saturated rings. The van der Waals surface area contributed by atoms with Crippen LogP contribution in [0.15, 0.2) is 60.8 Å². The quantitative estimate of drug-likeness (QED) is 0.419. The van der Waals surface area contributed by atoms with Crippen LogP contribution in [0, 0.1) is 29.5 Å². The topological polar surface area (TPSA) is 79.1 Å². The minimum absolute atomic E-state index is 0.209. The Morgan fingerprint density at radius 2 is 1.86 bits per heavy atom. The number of hydrogen-bond donors (Lipinski definition) is 0. The second-order valence-electron chi connectivity index (χ2n) is 9.77. The van der Waals surface area contributed by atoms with Crippen molar-refractivity contribution >= 4 is 6.09 Å². The number of ether oxygens (including phenoxy) is 1. The fourth-order valence-electron chi connectivity index (χ4n) is 4.69. The number of cyclic esters (lactones) is 1. The van der Waals surface area contributed by atoms with E-state index < -0.39 is 17.1 Å². The summed E-state index contributed by atoms with van der Waals surface area (Å²) < 4.78 is 19.7. The molecule has 7 heteroatoms. The van der Waals surface area contributed by atoms with Crippen LogP contribution in [0.5, 0.6) is 0 Å². The molecule has 180 valence electrons. The van der Waals surface area contributed by atoms with Crippen molar-refractivity contribution in [2.24, 2.45) is 5.41 Å². The summed E-state index contributed by atoms with van der Waals surface area (Å²) in [5.41, 5.74) is 1.78. The lowest BCUT2D eigenvalue weighted by molar-refractivity contribution is -0.0770. The van der Waals surface area contributed by atoms with E-state index in [-0.39, 0.29) is 11.9 Å². The van der Waals surface area contributed by atoms with Crippen molar-refractivity contribution in [1.29, 1.82) is 5.26 Å². The van der Waals surface area contributed by atoms with E-state index in [1.807, 2.05) is 58.0 Å². The molecule has 4 rings (SSSR count). The number of aryl methyl sites for hydroxylation is 1. The molecule has 0 bridgehead atoms. The van der Waals surface area contributed by atoms with Crippen molar-refractivity contribution in [1.82, 2.24) is 14.9 Å². The van der Waals surface area contributed by atoms with Crippen molar-refractivity contribution in [3.63, 3.8) is 0 Å². The van der Waals surface area contributed by atoms with Crippen LogP contribution < -0.4 is 0 Å². The van der Waals surface area contributed by atoms with Crippen molar-refractivity contribution in [3.8, 4) is 17.3 Å². The number of benzene rings is 2. The van der Waals surface area contributed by atoms with Crippen molar-refractivity contribution in [3.05, 3.63) is 83.6 Å². The van der Waals surface area contributed by atoms with E-state index in [0.29, 0.717) is 30.8 Å². The van der Waals surface area contributed by atoms with E-state index in [1.165, 1.54) is 12.1 Å². The molecule has 0 N–H and O–H groups in total. The molecule has 0 saturated carbocycles. The van der Waals surface area contributed by atoms with Crippen molar-refractivity contribution in [2.45, 2.75) is 52.2 Å². The number of amides is 1. The average molecular weight is 473 g/mol. The first kappa shape index (κ1) is 24.3. The Kier molecular flexibility index (Phi) is 6.58. The molecular weight excluding hydrogens is 443 g/mol. The lowest BCUT2D eigenvalue weighted by Crippen LogP contribution is -2.50. The highest BCUT2D eigenvalue weighted by atomic mass is 19.1. The maximum atomic E-state index is 13.6. The molecule has 1 aliphatic rings. The number of nitriles is 1. The summed E-state index contributed by atoms with van der Waals surface area (Å²) in [5, 5.41) is 9.64. The molecular formula is C28H29FN4O2. The molecule has 2 heterocycles. The van der Waals surface area contributed by atoms with Crippen LogP contribution in [0.3, 0.4) is 0 Å². The summed E-state index contributed by atoms with van der Waals surface area (Å²) in [5.74, 6) is 0.349. The predicted octanol–water partition coefficient (Wildman–Crippen LogP) is 6.33. The molecule has 1 aliphatic heterocycles. The van der Waals surface area contributed by atoms with Gasteiger partial charge in [-0.3, -0.25) is 0 Å². The lowest BCUT2D eigenvalue weighted by atomic mass is 9.75. The monoisotopic (exact) mass is 472 g/mol. The van der Waals surface area contributed by atoms with E-state index in [4.69, 9.17) is 4.74 Å². The highest BCUT2D eigenvalue weighted by molar-refractivity contribution is 5.70. The number of halogens is 1. The molecule has 1 aromatic heterocycles. The third-order valence-corrected chi connectivity index (χ3v) is 6.61. The van der Waals surface area contributed by atoms with Gasteiger partial charge < -0.3 is 9.64 Å². The molecule has 1 unspecified atom stereocenters. The number of nitrogens with zero attached hydrogens (tertiary/aromatic N) is 4. The van der Waals surface area contributed by atoms with Crippen LogP contribution in [0.25, 0.3) is 11.3 Å². The number of hydrogen-bond acceptors (Lipinski definition) is 5. The summed E-state index contributed by atoms with van der Waals surface area (Å²) in [7, 11) is 0. The molecule has 2 atom stereocenters. The van der Waals surface area contributed by atoms with Gasteiger partial charge in [-0.05, 0) is 57.0 Å². The zero-order chi connectivity index (χ0) is 25.2. The van der Waals surface area contributed by atoms with Gasteiger partial charge in [0, 0.05) is 31.1 Å². The van der Waals surface area contributed by atoms with E-state index in [0.717, 1.165) is 16.8 Å².